The Kier molecular flexibility index (Phi) is 6.40. The van der Waals surface area contributed by atoms with Gasteiger partial charge < -0.3 is 14.5 Å². The van der Waals surface area contributed by atoms with Gasteiger partial charge in [0.15, 0.2) is 6.61 Å². The van der Waals surface area contributed by atoms with E-state index in [2.05, 4.69) is 6.07 Å². The Morgan fingerprint density at radius 3 is 2.45 bits per heavy atom. The van der Waals surface area contributed by atoms with E-state index in [4.69, 9.17) is 4.74 Å². The molecule has 1 fully saturated rings. The van der Waals surface area contributed by atoms with E-state index < -0.39 is 11.9 Å². The fraction of sp³-hybridized carbons (Fsp3) is 0.423. The lowest BCUT2D eigenvalue weighted by atomic mass is 9.78. The van der Waals surface area contributed by atoms with Gasteiger partial charge in [-0.05, 0) is 43.0 Å². The normalized spacial score (nSPS) is 21.8. The lowest BCUT2D eigenvalue weighted by molar-refractivity contribution is -0.156. The molecule has 2 amide bonds. The molecule has 3 aliphatic rings. The van der Waals surface area contributed by atoms with Gasteiger partial charge in [0.05, 0.1) is 17.5 Å². The molecule has 0 bridgehead atoms. The fourth-order valence-corrected chi connectivity index (χ4v) is 6.22. The van der Waals surface area contributed by atoms with Crippen molar-refractivity contribution < 1.29 is 19.1 Å². The van der Waals surface area contributed by atoms with Crippen molar-refractivity contribution in [3.05, 3.63) is 54.1 Å². The van der Waals surface area contributed by atoms with Crippen LogP contribution in [0.15, 0.2) is 53.4 Å². The number of thioether (sulfide) groups is 1. The second-order valence-corrected chi connectivity index (χ2v) is 9.97. The molecule has 0 N–H and O–H groups in total. The Balaban J connectivity index is 1.24. The Labute approximate surface area is 198 Å². The molecular formula is C26H28N2O4S. The van der Waals surface area contributed by atoms with E-state index in [0.29, 0.717) is 25.9 Å². The van der Waals surface area contributed by atoms with Crippen LogP contribution in [0, 0.1) is 11.8 Å². The Morgan fingerprint density at radius 1 is 0.879 bits per heavy atom. The van der Waals surface area contributed by atoms with Crippen LogP contribution in [0.25, 0.3) is 0 Å². The van der Waals surface area contributed by atoms with Crippen molar-refractivity contribution in [3.63, 3.8) is 0 Å². The van der Waals surface area contributed by atoms with Crippen molar-refractivity contribution in [1.82, 2.24) is 0 Å². The third-order valence-corrected chi connectivity index (χ3v) is 7.95. The Morgan fingerprint density at radius 2 is 1.61 bits per heavy atom. The van der Waals surface area contributed by atoms with Gasteiger partial charge in [0.2, 0.25) is 5.91 Å². The number of hydrogen-bond donors (Lipinski definition) is 0. The fourth-order valence-electron chi connectivity index (χ4n) is 5.22. The summed E-state index contributed by atoms with van der Waals surface area (Å²) in [6.07, 6.45) is 3.97. The highest BCUT2D eigenvalue weighted by molar-refractivity contribution is 7.99. The largest absolute Gasteiger partial charge is 0.455 e. The van der Waals surface area contributed by atoms with Gasteiger partial charge in [0.25, 0.3) is 5.91 Å². The summed E-state index contributed by atoms with van der Waals surface area (Å²) in [5.74, 6) is -0.699. The summed E-state index contributed by atoms with van der Waals surface area (Å²) in [5, 5.41) is 0. The van der Waals surface area contributed by atoms with Gasteiger partial charge in [0, 0.05) is 29.4 Å². The smallest absolute Gasteiger partial charge is 0.310 e. The highest BCUT2D eigenvalue weighted by Gasteiger charge is 2.40. The third kappa shape index (κ3) is 4.38. The summed E-state index contributed by atoms with van der Waals surface area (Å²) in [6, 6.07) is 15.8. The minimum atomic E-state index is -0.490. The molecule has 6 nitrogen and oxygen atoms in total. The first kappa shape index (κ1) is 22.0. The minimum absolute atomic E-state index is 0.00918. The molecule has 5 rings (SSSR count). The van der Waals surface area contributed by atoms with Crippen LogP contribution in [0.4, 0.5) is 11.4 Å². The van der Waals surface area contributed by atoms with Crippen LogP contribution in [0.3, 0.4) is 0 Å². The Bertz CT molecular complexity index is 1070. The van der Waals surface area contributed by atoms with Crippen molar-refractivity contribution in [1.29, 1.82) is 0 Å². The number of amides is 2. The van der Waals surface area contributed by atoms with E-state index in [1.807, 2.05) is 47.4 Å². The first-order valence-corrected chi connectivity index (χ1v) is 12.7. The van der Waals surface area contributed by atoms with E-state index >= 15 is 0 Å². The number of para-hydroxylation sites is 2. The quantitative estimate of drug-likeness (QED) is 0.639. The number of anilines is 2. The average molecular weight is 465 g/mol. The van der Waals surface area contributed by atoms with Crippen LogP contribution in [0.5, 0.6) is 0 Å². The predicted octanol–water partition coefficient (Wildman–Crippen LogP) is 4.06. The highest BCUT2D eigenvalue weighted by Crippen LogP contribution is 2.37. The molecule has 2 atom stereocenters. The van der Waals surface area contributed by atoms with Crippen molar-refractivity contribution >= 4 is 40.9 Å². The topological polar surface area (TPSA) is 66.9 Å². The van der Waals surface area contributed by atoms with Crippen molar-refractivity contribution in [2.24, 2.45) is 11.8 Å². The van der Waals surface area contributed by atoms with Gasteiger partial charge in [-0.15, -0.1) is 11.8 Å². The molecule has 0 saturated heterocycles. The number of carbonyl (C=O) groups is 3. The summed E-state index contributed by atoms with van der Waals surface area (Å²) in [6.45, 7) is 0.958. The van der Waals surface area contributed by atoms with E-state index in [-0.39, 0.29) is 24.3 Å². The number of fused-ring (bicyclic) bond motifs is 2. The zero-order valence-corrected chi connectivity index (χ0v) is 19.4. The number of hydrogen-bond acceptors (Lipinski definition) is 5. The van der Waals surface area contributed by atoms with E-state index in [1.165, 1.54) is 5.56 Å². The van der Waals surface area contributed by atoms with E-state index in [0.717, 1.165) is 41.3 Å². The molecule has 2 aromatic carbocycles. The molecule has 2 aliphatic heterocycles. The van der Waals surface area contributed by atoms with Crippen LogP contribution >= 0.6 is 11.8 Å². The molecule has 172 valence electrons. The second kappa shape index (κ2) is 9.59. The summed E-state index contributed by atoms with van der Waals surface area (Å²) >= 11 is 1.72. The number of carbonyl (C=O) groups excluding carboxylic acids is 3. The van der Waals surface area contributed by atoms with Crippen LogP contribution in [0.1, 0.15) is 31.2 Å². The first-order valence-electron chi connectivity index (χ1n) is 11.7. The zero-order chi connectivity index (χ0) is 22.8. The van der Waals surface area contributed by atoms with E-state index in [1.54, 1.807) is 16.7 Å². The maximum Gasteiger partial charge on any atom is 0.310 e. The van der Waals surface area contributed by atoms with Gasteiger partial charge in [-0.2, -0.15) is 0 Å². The van der Waals surface area contributed by atoms with Crippen molar-refractivity contribution in [3.8, 4) is 0 Å². The molecule has 33 heavy (non-hydrogen) atoms. The lowest BCUT2D eigenvalue weighted by Crippen LogP contribution is -2.43. The predicted molar refractivity (Wildman–Crippen MR) is 128 cm³/mol. The molecule has 7 heteroatoms. The SMILES string of the molecule is O=C(OCC(=O)N1CCSc2ccccc21)[C@@H]1CCCC[C@@H]1C(=O)N1CCc2ccccc21. The zero-order valence-electron chi connectivity index (χ0n) is 18.6. The molecule has 1 saturated carbocycles. The number of rotatable bonds is 4. The van der Waals surface area contributed by atoms with Gasteiger partial charge in [0.1, 0.15) is 0 Å². The highest BCUT2D eigenvalue weighted by atomic mass is 32.2. The lowest BCUT2D eigenvalue weighted by Gasteiger charge is -2.32. The molecule has 2 aromatic rings. The molecule has 0 radical (unpaired) electrons. The maximum atomic E-state index is 13.4. The summed E-state index contributed by atoms with van der Waals surface area (Å²) in [7, 11) is 0. The second-order valence-electron chi connectivity index (χ2n) is 8.84. The van der Waals surface area contributed by atoms with Gasteiger partial charge in [-0.3, -0.25) is 14.4 Å². The summed E-state index contributed by atoms with van der Waals surface area (Å²) < 4.78 is 5.52. The number of esters is 1. The van der Waals surface area contributed by atoms with Crippen LogP contribution in [0.2, 0.25) is 0 Å². The molecule has 1 aliphatic carbocycles. The van der Waals surface area contributed by atoms with Crippen LogP contribution in [-0.2, 0) is 25.5 Å². The number of benzene rings is 2. The number of nitrogens with zero attached hydrogens (tertiary/aromatic N) is 2. The monoisotopic (exact) mass is 464 g/mol. The van der Waals surface area contributed by atoms with Gasteiger partial charge in [-0.1, -0.05) is 43.2 Å². The summed E-state index contributed by atoms with van der Waals surface area (Å²) in [5.41, 5.74) is 3.00. The van der Waals surface area contributed by atoms with E-state index in [9.17, 15) is 14.4 Å². The standard InChI is InChI=1S/C26H28N2O4S/c29-24(27-15-16-33-23-12-6-5-11-22(23)27)17-32-26(31)20-9-3-2-8-19(20)25(30)28-14-13-18-7-1-4-10-21(18)28/h1,4-7,10-12,19-20H,2-3,8-9,13-17H2/t19-,20+/m0/s1. The first-order chi connectivity index (χ1) is 16.1. The van der Waals surface area contributed by atoms with Gasteiger partial charge >= 0.3 is 5.97 Å². The molecule has 0 spiro atoms. The average Bonchev–Trinajstić information content (AvgIpc) is 3.30. The van der Waals surface area contributed by atoms with Crippen molar-refractivity contribution in [2.45, 2.75) is 37.0 Å². The number of ether oxygens (including phenoxy) is 1. The molecule has 0 aromatic heterocycles. The molecule has 2 heterocycles. The minimum Gasteiger partial charge on any atom is -0.455 e. The third-order valence-electron chi connectivity index (χ3n) is 6.91. The maximum absolute atomic E-state index is 13.4. The molecular weight excluding hydrogens is 436 g/mol. The Hall–Kier alpha value is -2.80. The summed E-state index contributed by atoms with van der Waals surface area (Å²) in [4.78, 5) is 43.9. The van der Waals surface area contributed by atoms with Crippen molar-refractivity contribution in [2.75, 3.05) is 35.2 Å². The molecule has 0 unspecified atom stereocenters. The van der Waals surface area contributed by atoms with Crippen LogP contribution in [-0.4, -0.2) is 43.2 Å². The van der Waals surface area contributed by atoms with Gasteiger partial charge in [-0.25, -0.2) is 0 Å². The van der Waals surface area contributed by atoms with Crippen LogP contribution < -0.4 is 9.80 Å².